The van der Waals surface area contributed by atoms with Gasteiger partial charge in [-0.2, -0.15) is 0 Å². The van der Waals surface area contributed by atoms with Crippen LogP contribution in [0.15, 0.2) is 0 Å². The smallest absolute Gasteiger partial charge is 0.0290 e. The fraction of sp³-hybridized carbons (Fsp3) is 1.00. The van der Waals surface area contributed by atoms with Crippen LogP contribution in [0.5, 0.6) is 0 Å². The van der Waals surface area contributed by atoms with Crippen molar-refractivity contribution in [2.24, 2.45) is 5.84 Å². The molecule has 0 atom stereocenters. The Morgan fingerprint density at radius 3 is 2.50 bits per heavy atom. The summed E-state index contributed by atoms with van der Waals surface area (Å²) in [4.78, 5) is 4.30. The van der Waals surface area contributed by atoms with E-state index in [0.29, 0.717) is 11.6 Å². The van der Waals surface area contributed by atoms with E-state index in [0.717, 1.165) is 0 Å². The van der Waals surface area contributed by atoms with Gasteiger partial charge in [0.2, 0.25) is 0 Å². The van der Waals surface area contributed by atoms with Crippen LogP contribution < -0.4 is 11.4 Å². The number of nitrogens with two attached hydrogens (primary N) is 1. The topological polar surface area (TPSA) is 73.6 Å². The summed E-state index contributed by atoms with van der Waals surface area (Å²) in [6, 6.07) is 0. The van der Waals surface area contributed by atoms with Crippen molar-refractivity contribution in [1.29, 1.82) is 0 Å². The predicted molar refractivity (Wildman–Crippen MR) is 38.0 cm³/mol. The molecule has 5 nitrogen and oxygen atoms in total. The van der Waals surface area contributed by atoms with Gasteiger partial charge in [0.05, 0.1) is 0 Å². The number of nitrogens with one attached hydrogen (secondary N) is 1. The van der Waals surface area contributed by atoms with Gasteiger partial charge in [0.25, 0.3) is 0 Å². The van der Waals surface area contributed by atoms with E-state index >= 15 is 0 Å². The van der Waals surface area contributed by atoms with Gasteiger partial charge in [-0.05, 0) is 20.3 Å². The number of hydrogen-bond acceptors (Lipinski definition) is 5. The first-order valence-corrected chi connectivity index (χ1v) is 3.14. The molecule has 0 rings (SSSR count). The monoisotopic (exact) mass is 148 g/mol. The number of nitrogens with zero attached hydrogens (tertiary/aromatic N) is 1. The molecule has 0 spiro atoms. The molecule has 0 saturated carbocycles. The van der Waals surface area contributed by atoms with E-state index in [1.807, 2.05) is 12.5 Å². The molecule has 0 fully saturated rings. The standard InChI is InChI=1S/C5H14N3O2/c1-4-5(2,3)8(9)10-7-6/h7H,4,6H2,1-3H3/q-1. The normalized spacial score (nSPS) is 12.6. The summed E-state index contributed by atoms with van der Waals surface area (Å²) in [5.74, 6) is 4.77. The van der Waals surface area contributed by atoms with E-state index in [4.69, 9.17) is 5.84 Å². The fourth-order valence-corrected chi connectivity index (χ4v) is 0.301. The van der Waals surface area contributed by atoms with Crippen LogP contribution in [-0.2, 0) is 4.94 Å². The lowest BCUT2D eigenvalue weighted by atomic mass is 10.0. The summed E-state index contributed by atoms with van der Waals surface area (Å²) in [5, 5.41) is 11.3. The van der Waals surface area contributed by atoms with Crippen molar-refractivity contribution in [3.05, 3.63) is 5.21 Å². The third kappa shape index (κ3) is 2.59. The van der Waals surface area contributed by atoms with E-state index in [-0.39, 0.29) is 0 Å². The average molecular weight is 148 g/mol. The molecule has 10 heavy (non-hydrogen) atoms. The molecular formula is C5H14N3O2-. The third-order valence-corrected chi connectivity index (χ3v) is 1.50. The molecule has 0 heterocycles. The predicted octanol–water partition coefficient (Wildman–Crippen LogP) is 0.285. The first-order valence-electron chi connectivity index (χ1n) is 3.14. The largest absolute Gasteiger partial charge is 0.760 e. The molecule has 0 aliphatic carbocycles. The Bertz CT molecular complexity index is 96.9. The van der Waals surface area contributed by atoms with Gasteiger partial charge in [-0.1, -0.05) is 6.92 Å². The molecule has 0 aliphatic rings. The lowest BCUT2D eigenvalue weighted by Gasteiger charge is -2.40. The summed E-state index contributed by atoms with van der Waals surface area (Å²) in [7, 11) is 0. The Morgan fingerprint density at radius 1 is 1.70 bits per heavy atom. The van der Waals surface area contributed by atoms with E-state index in [9.17, 15) is 5.21 Å². The molecule has 62 valence electrons. The molecule has 0 saturated heterocycles. The summed E-state index contributed by atoms with van der Waals surface area (Å²) >= 11 is 0. The highest BCUT2D eigenvalue weighted by atomic mass is 17.0. The lowest BCUT2D eigenvalue weighted by molar-refractivity contribution is -0.226. The van der Waals surface area contributed by atoms with Gasteiger partial charge in [-0.25, -0.2) is 16.0 Å². The number of hydrazine groups is 1. The van der Waals surface area contributed by atoms with Crippen LogP contribution in [0.2, 0.25) is 0 Å². The number of hydroxylamine groups is 2. The fourth-order valence-electron chi connectivity index (χ4n) is 0.301. The zero-order valence-corrected chi connectivity index (χ0v) is 6.55. The Labute approximate surface area is 60.6 Å². The molecular weight excluding hydrogens is 134 g/mol. The van der Waals surface area contributed by atoms with Gasteiger partial charge in [-0.15, -0.1) is 5.59 Å². The second kappa shape index (κ2) is 3.85. The Hall–Kier alpha value is -0.200. The highest BCUT2D eigenvalue weighted by molar-refractivity contribution is 4.74. The van der Waals surface area contributed by atoms with Crippen molar-refractivity contribution in [3.63, 3.8) is 0 Å². The highest BCUT2D eigenvalue weighted by Crippen LogP contribution is 2.15. The molecule has 3 N–H and O–H groups in total. The summed E-state index contributed by atoms with van der Waals surface area (Å²) in [6.45, 7) is 5.42. The van der Waals surface area contributed by atoms with Crippen LogP contribution in [0.4, 0.5) is 0 Å². The Kier molecular flexibility index (Phi) is 3.77. The minimum atomic E-state index is -0.535. The Balaban J connectivity index is 3.78. The van der Waals surface area contributed by atoms with Gasteiger partial charge in [0, 0.05) is 5.54 Å². The van der Waals surface area contributed by atoms with Crippen molar-refractivity contribution in [1.82, 2.24) is 10.8 Å². The summed E-state index contributed by atoms with van der Waals surface area (Å²) in [6.07, 6.45) is 0.693. The third-order valence-electron chi connectivity index (χ3n) is 1.50. The maximum atomic E-state index is 10.8. The van der Waals surface area contributed by atoms with E-state index < -0.39 is 5.54 Å². The minimum absolute atomic E-state index is 0.438. The maximum absolute atomic E-state index is 10.8. The van der Waals surface area contributed by atoms with Crippen molar-refractivity contribution < 1.29 is 4.94 Å². The lowest BCUT2D eigenvalue weighted by Crippen LogP contribution is -2.44. The molecule has 0 radical (unpaired) electrons. The molecule has 0 aliphatic heterocycles. The van der Waals surface area contributed by atoms with Crippen LogP contribution in [-0.4, -0.2) is 10.8 Å². The van der Waals surface area contributed by atoms with Crippen LogP contribution in [0.3, 0.4) is 0 Å². The van der Waals surface area contributed by atoms with Crippen molar-refractivity contribution >= 4 is 0 Å². The average Bonchev–Trinajstić information content (AvgIpc) is 1.89. The second-order valence-electron chi connectivity index (χ2n) is 2.63. The quantitative estimate of drug-likeness (QED) is 0.442. The molecule has 0 aromatic rings. The summed E-state index contributed by atoms with van der Waals surface area (Å²) in [5.41, 5.74) is 1.29. The first-order chi connectivity index (χ1) is 4.54. The van der Waals surface area contributed by atoms with Gasteiger partial charge >= 0.3 is 0 Å². The molecule has 0 bridgehead atoms. The van der Waals surface area contributed by atoms with Crippen LogP contribution in [0.25, 0.3) is 0 Å². The van der Waals surface area contributed by atoms with Gasteiger partial charge in [-0.3, -0.25) is 0 Å². The van der Waals surface area contributed by atoms with Crippen molar-refractivity contribution in [2.45, 2.75) is 32.7 Å². The number of hydrogen-bond donors (Lipinski definition) is 2. The zero-order valence-electron chi connectivity index (χ0n) is 6.55. The van der Waals surface area contributed by atoms with Gasteiger partial charge in [0.15, 0.2) is 0 Å². The number of rotatable bonds is 4. The van der Waals surface area contributed by atoms with Crippen LogP contribution in [0, 0.1) is 5.21 Å². The van der Waals surface area contributed by atoms with Crippen LogP contribution in [0.1, 0.15) is 27.2 Å². The highest BCUT2D eigenvalue weighted by Gasteiger charge is 2.17. The van der Waals surface area contributed by atoms with E-state index in [1.54, 1.807) is 13.8 Å². The molecule has 0 amide bonds. The molecule has 0 aromatic carbocycles. The minimum Gasteiger partial charge on any atom is -0.760 e. The summed E-state index contributed by atoms with van der Waals surface area (Å²) < 4.78 is 0. The molecule has 0 unspecified atom stereocenters. The molecule has 5 heteroatoms. The van der Waals surface area contributed by atoms with Gasteiger partial charge in [0.1, 0.15) is 0 Å². The second-order valence-corrected chi connectivity index (χ2v) is 2.63. The first kappa shape index (κ1) is 9.80. The van der Waals surface area contributed by atoms with E-state index in [1.165, 1.54) is 0 Å². The van der Waals surface area contributed by atoms with Crippen molar-refractivity contribution in [3.8, 4) is 0 Å². The zero-order chi connectivity index (χ0) is 8.20. The maximum Gasteiger partial charge on any atom is 0.0290 e. The van der Waals surface area contributed by atoms with Crippen LogP contribution >= 0.6 is 0 Å². The molecule has 0 aromatic heterocycles. The van der Waals surface area contributed by atoms with Crippen molar-refractivity contribution in [2.75, 3.05) is 0 Å². The van der Waals surface area contributed by atoms with E-state index in [2.05, 4.69) is 4.94 Å². The SMILES string of the molecule is CCC(C)(C)N([O-])ONN. The Morgan fingerprint density at radius 2 is 2.20 bits per heavy atom. The van der Waals surface area contributed by atoms with Gasteiger partial charge < -0.3 is 5.21 Å².